The molecule has 5 atom stereocenters. The Hall–Kier alpha value is -2.17. The third-order valence-electron chi connectivity index (χ3n) is 7.76. The number of hydrogen-bond acceptors (Lipinski definition) is 3. The van der Waals surface area contributed by atoms with E-state index in [4.69, 9.17) is 0 Å². The van der Waals surface area contributed by atoms with Crippen molar-refractivity contribution in [3.63, 3.8) is 0 Å². The lowest BCUT2D eigenvalue weighted by molar-refractivity contribution is -0.151. The van der Waals surface area contributed by atoms with Crippen molar-refractivity contribution in [2.45, 2.75) is 66.3 Å². The van der Waals surface area contributed by atoms with Gasteiger partial charge in [0.25, 0.3) is 0 Å². The molecule has 0 spiro atoms. The highest BCUT2D eigenvalue weighted by molar-refractivity contribution is 5.92. The van der Waals surface area contributed by atoms with Crippen molar-refractivity contribution in [1.29, 1.82) is 0 Å². The summed E-state index contributed by atoms with van der Waals surface area (Å²) in [6, 6.07) is 9.85. The number of Topliss-reactive ketones (excluding diaryl/α,β-unsaturated/α-hetero) is 1. The van der Waals surface area contributed by atoms with Gasteiger partial charge in [0.2, 0.25) is 11.8 Å². The minimum atomic E-state index is -0.373. The Balaban J connectivity index is 1.73. The molecule has 32 heavy (non-hydrogen) atoms. The summed E-state index contributed by atoms with van der Waals surface area (Å²) in [4.78, 5) is 43.6. The summed E-state index contributed by atoms with van der Waals surface area (Å²) in [6.45, 7) is 12.2. The van der Waals surface area contributed by atoms with E-state index in [0.717, 1.165) is 25.8 Å². The van der Waals surface area contributed by atoms with Crippen molar-refractivity contribution in [3.8, 4) is 0 Å². The maximum atomic E-state index is 13.7. The number of fused-ring (bicyclic) bond motifs is 1. The second kappa shape index (κ2) is 10.6. The zero-order valence-corrected chi connectivity index (χ0v) is 20.4. The summed E-state index contributed by atoms with van der Waals surface area (Å²) in [5.74, 6) is 0.453. The van der Waals surface area contributed by atoms with Crippen molar-refractivity contribution < 1.29 is 14.4 Å². The molecule has 2 fully saturated rings. The van der Waals surface area contributed by atoms with Crippen LogP contribution >= 0.6 is 0 Å². The van der Waals surface area contributed by atoms with Gasteiger partial charge in [0.1, 0.15) is 11.8 Å². The monoisotopic (exact) mass is 440 g/mol. The smallest absolute Gasteiger partial charge is 0.245 e. The summed E-state index contributed by atoms with van der Waals surface area (Å²) in [5.41, 5.74) is 1.22. The van der Waals surface area contributed by atoms with Gasteiger partial charge in [0, 0.05) is 37.9 Å². The molecule has 2 saturated heterocycles. The number of hydrogen-bond donors (Lipinski definition) is 0. The summed E-state index contributed by atoms with van der Waals surface area (Å²) < 4.78 is 0. The molecule has 0 N–H and O–H groups in total. The molecule has 176 valence electrons. The molecular weight excluding hydrogens is 400 g/mol. The standard InChI is InChI=1S/C27H40N2O3/c1-6-19(4)24(30)16-23(18(2)3)26(31)29-17-20(5)22-13-15-28(27(32)25(22)29)14-12-21-10-8-7-9-11-21/h7-11,18-20,22-23,25H,6,12-17H2,1-5H3/t19-,20+,22-,23+,25+/m1/s1. The zero-order valence-electron chi connectivity index (χ0n) is 20.4. The molecule has 0 aliphatic carbocycles. The predicted octanol–water partition coefficient (Wildman–Crippen LogP) is 4.20. The van der Waals surface area contributed by atoms with E-state index in [-0.39, 0.29) is 53.7 Å². The van der Waals surface area contributed by atoms with Gasteiger partial charge in [-0.1, -0.05) is 65.0 Å². The first-order chi connectivity index (χ1) is 15.2. The molecule has 0 aromatic heterocycles. The zero-order chi connectivity index (χ0) is 23.4. The minimum Gasteiger partial charge on any atom is -0.341 e. The third-order valence-corrected chi connectivity index (χ3v) is 7.76. The lowest BCUT2D eigenvalue weighted by Crippen LogP contribution is -2.56. The quantitative estimate of drug-likeness (QED) is 0.578. The molecule has 1 aromatic rings. The van der Waals surface area contributed by atoms with Gasteiger partial charge in [-0.05, 0) is 42.6 Å². The number of carbonyl (C=O) groups is 3. The van der Waals surface area contributed by atoms with Crippen LogP contribution in [0, 0.1) is 29.6 Å². The molecule has 0 radical (unpaired) electrons. The van der Waals surface area contributed by atoms with Crippen LogP contribution in [0.1, 0.15) is 59.4 Å². The predicted molar refractivity (Wildman–Crippen MR) is 127 cm³/mol. The molecule has 0 bridgehead atoms. The number of rotatable bonds is 9. The second-order valence-corrected chi connectivity index (χ2v) is 10.3. The van der Waals surface area contributed by atoms with E-state index in [9.17, 15) is 14.4 Å². The largest absolute Gasteiger partial charge is 0.341 e. The third kappa shape index (κ3) is 5.24. The van der Waals surface area contributed by atoms with Crippen molar-refractivity contribution in [1.82, 2.24) is 9.80 Å². The fraction of sp³-hybridized carbons (Fsp3) is 0.667. The molecule has 2 amide bonds. The van der Waals surface area contributed by atoms with Crippen molar-refractivity contribution >= 4 is 17.6 Å². The highest BCUT2D eigenvalue weighted by atomic mass is 16.2. The number of likely N-dealkylation sites (tertiary alicyclic amines) is 2. The maximum Gasteiger partial charge on any atom is 0.245 e. The number of carbonyl (C=O) groups excluding carboxylic acids is 3. The molecule has 5 nitrogen and oxygen atoms in total. The fourth-order valence-corrected chi connectivity index (χ4v) is 5.29. The fourth-order valence-electron chi connectivity index (χ4n) is 5.29. The highest BCUT2D eigenvalue weighted by Crippen LogP contribution is 2.38. The molecular formula is C27H40N2O3. The van der Waals surface area contributed by atoms with Crippen LogP contribution in [0.3, 0.4) is 0 Å². The highest BCUT2D eigenvalue weighted by Gasteiger charge is 2.50. The SMILES string of the molecule is CC[C@@H](C)C(=O)C[C@H](C(=O)N1C[C@H](C)[C@H]2CCN(CCc3ccccc3)C(=O)[C@H]21)C(C)C. The van der Waals surface area contributed by atoms with E-state index in [2.05, 4.69) is 19.1 Å². The van der Waals surface area contributed by atoms with Gasteiger partial charge < -0.3 is 9.80 Å². The lowest BCUT2D eigenvalue weighted by Gasteiger charge is -2.39. The second-order valence-electron chi connectivity index (χ2n) is 10.3. The van der Waals surface area contributed by atoms with Gasteiger partial charge in [-0.2, -0.15) is 0 Å². The molecule has 2 aliphatic heterocycles. The van der Waals surface area contributed by atoms with E-state index in [1.165, 1.54) is 5.56 Å². The van der Waals surface area contributed by atoms with Gasteiger partial charge in [-0.25, -0.2) is 0 Å². The molecule has 0 unspecified atom stereocenters. The average Bonchev–Trinajstić information content (AvgIpc) is 3.13. The average molecular weight is 441 g/mol. The first-order valence-electron chi connectivity index (χ1n) is 12.4. The maximum absolute atomic E-state index is 13.7. The van der Waals surface area contributed by atoms with Crippen LogP contribution in [0.25, 0.3) is 0 Å². The van der Waals surface area contributed by atoms with Gasteiger partial charge in [-0.3, -0.25) is 14.4 Å². The van der Waals surface area contributed by atoms with Gasteiger partial charge in [0.05, 0.1) is 0 Å². The number of piperidine rings is 1. The van der Waals surface area contributed by atoms with E-state index in [1.54, 1.807) is 0 Å². The van der Waals surface area contributed by atoms with Crippen LogP contribution in [0.4, 0.5) is 0 Å². The van der Waals surface area contributed by atoms with Crippen LogP contribution in [-0.2, 0) is 20.8 Å². The van der Waals surface area contributed by atoms with Crippen LogP contribution in [-0.4, -0.2) is 53.1 Å². The Morgan fingerprint density at radius 3 is 2.44 bits per heavy atom. The normalized spacial score (nSPS) is 25.1. The topological polar surface area (TPSA) is 57.7 Å². The van der Waals surface area contributed by atoms with Crippen LogP contribution in [0.5, 0.6) is 0 Å². The number of ketones is 1. The Kier molecular flexibility index (Phi) is 8.13. The first-order valence-corrected chi connectivity index (χ1v) is 12.4. The summed E-state index contributed by atoms with van der Waals surface area (Å²) >= 11 is 0. The molecule has 2 aliphatic rings. The van der Waals surface area contributed by atoms with Gasteiger partial charge >= 0.3 is 0 Å². The minimum absolute atomic E-state index is 0.00531. The number of nitrogens with zero attached hydrogens (tertiary/aromatic N) is 2. The van der Waals surface area contributed by atoms with E-state index >= 15 is 0 Å². The van der Waals surface area contributed by atoms with E-state index < -0.39 is 0 Å². The molecule has 2 heterocycles. The number of benzene rings is 1. The number of amides is 2. The lowest BCUT2D eigenvalue weighted by atomic mass is 9.84. The first kappa shape index (κ1) is 24.5. The van der Waals surface area contributed by atoms with Crippen molar-refractivity contribution in [2.75, 3.05) is 19.6 Å². The van der Waals surface area contributed by atoms with E-state index in [0.29, 0.717) is 19.0 Å². The van der Waals surface area contributed by atoms with Gasteiger partial charge in [0.15, 0.2) is 0 Å². The summed E-state index contributed by atoms with van der Waals surface area (Å²) in [5, 5.41) is 0. The van der Waals surface area contributed by atoms with Crippen molar-refractivity contribution in [3.05, 3.63) is 35.9 Å². The molecule has 5 heteroatoms. The van der Waals surface area contributed by atoms with Crippen LogP contribution < -0.4 is 0 Å². The Morgan fingerprint density at radius 1 is 1.12 bits per heavy atom. The Labute approximate surface area is 193 Å². The van der Waals surface area contributed by atoms with E-state index in [1.807, 2.05) is 55.7 Å². The molecule has 3 rings (SSSR count). The van der Waals surface area contributed by atoms with Crippen molar-refractivity contribution in [2.24, 2.45) is 29.6 Å². The summed E-state index contributed by atoms with van der Waals surface area (Å²) in [7, 11) is 0. The molecule has 1 aromatic carbocycles. The molecule has 0 saturated carbocycles. The van der Waals surface area contributed by atoms with Crippen LogP contribution in [0.15, 0.2) is 30.3 Å². The summed E-state index contributed by atoms with van der Waals surface area (Å²) in [6.07, 6.45) is 2.83. The van der Waals surface area contributed by atoms with Gasteiger partial charge in [-0.15, -0.1) is 0 Å². The Bertz CT molecular complexity index is 806. The van der Waals surface area contributed by atoms with Crippen LogP contribution in [0.2, 0.25) is 0 Å². The Morgan fingerprint density at radius 2 is 1.81 bits per heavy atom.